The van der Waals surface area contributed by atoms with Crippen LogP contribution < -0.4 is 9.47 Å². The summed E-state index contributed by atoms with van der Waals surface area (Å²) in [5.41, 5.74) is 1.21. The summed E-state index contributed by atoms with van der Waals surface area (Å²) in [4.78, 5) is 0. The predicted octanol–water partition coefficient (Wildman–Crippen LogP) is 4.84. The topological polar surface area (TPSA) is 35.5 Å². The van der Waals surface area contributed by atoms with Gasteiger partial charge in [-0.1, -0.05) is 33.8 Å². The molecule has 0 heterocycles. The van der Waals surface area contributed by atoms with Crippen molar-refractivity contribution in [1.82, 2.24) is 0 Å². The molecule has 0 amide bonds. The Balaban J connectivity index is 2.75. The van der Waals surface area contributed by atoms with Crippen LogP contribution >= 0.6 is 7.80 Å². The summed E-state index contributed by atoms with van der Waals surface area (Å²) in [6, 6.07) is 5.68. The first-order valence-electron chi connectivity index (χ1n) is 7.48. The Kier molecular flexibility index (Phi) is 6.80. The van der Waals surface area contributed by atoms with Crippen molar-refractivity contribution in [1.29, 1.82) is 0 Å². The molecule has 0 bridgehead atoms. The lowest BCUT2D eigenvalue weighted by molar-refractivity contribution is 0.321. The fraction of sp³-hybridized carbons (Fsp3) is 0.647. The van der Waals surface area contributed by atoms with Gasteiger partial charge in [-0.15, -0.1) is 0 Å². The first-order valence-corrected chi connectivity index (χ1v) is 9.30. The van der Waals surface area contributed by atoms with Gasteiger partial charge in [0.15, 0.2) is 0 Å². The van der Waals surface area contributed by atoms with Crippen LogP contribution in [-0.2, 0) is 10.7 Å². The zero-order valence-electron chi connectivity index (χ0n) is 14.2. The second kappa shape index (κ2) is 7.89. The Hall–Kier alpha value is -0.950. The van der Waals surface area contributed by atoms with E-state index in [4.69, 9.17) is 9.47 Å². The Labute approximate surface area is 129 Å². The second-order valence-electron chi connectivity index (χ2n) is 6.93. The summed E-state index contributed by atoms with van der Waals surface area (Å²) < 4.78 is 23.3. The van der Waals surface area contributed by atoms with Crippen LogP contribution in [0.3, 0.4) is 0 Å². The highest BCUT2D eigenvalue weighted by Crippen LogP contribution is 2.39. The quantitative estimate of drug-likeness (QED) is 0.676. The van der Waals surface area contributed by atoms with Gasteiger partial charge in [0.1, 0.15) is 11.5 Å². The molecule has 0 spiro atoms. The smallest absolute Gasteiger partial charge is 0.126 e. The molecule has 0 aromatic heterocycles. The fourth-order valence-corrected chi connectivity index (χ4v) is 4.69. The van der Waals surface area contributed by atoms with Crippen molar-refractivity contribution in [2.75, 3.05) is 20.4 Å². The van der Waals surface area contributed by atoms with Crippen LogP contribution in [0, 0.1) is 11.3 Å². The Morgan fingerprint density at radius 3 is 2.10 bits per heavy atom. The molecule has 3 nitrogen and oxygen atoms in total. The number of benzene rings is 1. The third-order valence-electron chi connectivity index (χ3n) is 3.44. The van der Waals surface area contributed by atoms with Crippen molar-refractivity contribution in [3.8, 4) is 11.5 Å². The molecule has 0 aliphatic heterocycles. The van der Waals surface area contributed by atoms with Gasteiger partial charge in [0, 0.05) is 17.9 Å². The van der Waals surface area contributed by atoms with E-state index < -0.39 is 7.80 Å². The molecule has 0 radical (unpaired) electrons. The van der Waals surface area contributed by atoms with Crippen LogP contribution in [0.15, 0.2) is 18.2 Å². The van der Waals surface area contributed by atoms with Crippen molar-refractivity contribution >= 4 is 7.80 Å². The molecule has 2 unspecified atom stereocenters. The number of hydrogen-bond donors (Lipinski definition) is 0. The molecule has 0 saturated heterocycles. The normalized spacial score (nSPS) is 14.6. The third kappa shape index (κ3) is 6.13. The molecule has 1 aromatic rings. The highest BCUT2D eigenvalue weighted by molar-refractivity contribution is 7.43. The SMILES string of the molecule is COc1cccc(OC)c1C[PH](=O)CC(C)CC(C)(C)C. The lowest BCUT2D eigenvalue weighted by Gasteiger charge is -2.23. The van der Waals surface area contributed by atoms with Crippen LogP contribution in [0.1, 0.15) is 39.7 Å². The van der Waals surface area contributed by atoms with Gasteiger partial charge in [-0.25, -0.2) is 0 Å². The van der Waals surface area contributed by atoms with Gasteiger partial charge in [-0.05, 0) is 29.9 Å². The van der Waals surface area contributed by atoms with E-state index in [0.717, 1.165) is 29.6 Å². The Morgan fingerprint density at radius 2 is 1.67 bits per heavy atom. The predicted molar refractivity (Wildman–Crippen MR) is 90.4 cm³/mol. The van der Waals surface area contributed by atoms with Crippen LogP contribution in [-0.4, -0.2) is 20.4 Å². The minimum Gasteiger partial charge on any atom is -0.496 e. The average molecular weight is 312 g/mol. The summed E-state index contributed by atoms with van der Waals surface area (Å²) in [7, 11) is 1.59. The average Bonchev–Trinajstić information content (AvgIpc) is 2.36. The van der Waals surface area contributed by atoms with Crippen molar-refractivity contribution in [2.45, 2.75) is 40.3 Å². The number of methoxy groups -OCH3 is 2. The van der Waals surface area contributed by atoms with Crippen molar-refractivity contribution in [2.24, 2.45) is 11.3 Å². The molecule has 120 valence electrons. The number of rotatable bonds is 7. The largest absolute Gasteiger partial charge is 0.496 e. The van der Waals surface area contributed by atoms with Gasteiger partial charge in [0.2, 0.25) is 0 Å². The van der Waals surface area contributed by atoms with Crippen LogP contribution in [0.5, 0.6) is 11.5 Å². The maximum atomic E-state index is 12.5. The summed E-state index contributed by atoms with van der Waals surface area (Å²) in [5.74, 6) is 1.99. The first kappa shape index (κ1) is 18.1. The lowest BCUT2D eigenvalue weighted by Crippen LogP contribution is -2.12. The van der Waals surface area contributed by atoms with Crippen molar-refractivity contribution < 1.29 is 14.0 Å². The minimum absolute atomic E-state index is 0.281. The molecule has 0 fully saturated rings. The molecule has 0 saturated carbocycles. The molecule has 4 heteroatoms. The van der Waals surface area contributed by atoms with Crippen LogP contribution in [0.2, 0.25) is 0 Å². The molecule has 0 aliphatic carbocycles. The first-order chi connectivity index (χ1) is 9.76. The van der Waals surface area contributed by atoms with Gasteiger partial charge in [0.05, 0.1) is 22.0 Å². The van der Waals surface area contributed by atoms with E-state index in [0.29, 0.717) is 12.1 Å². The van der Waals surface area contributed by atoms with E-state index in [-0.39, 0.29) is 5.41 Å². The molecule has 0 aliphatic rings. The second-order valence-corrected chi connectivity index (χ2v) is 8.77. The van der Waals surface area contributed by atoms with Gasteiger partial charge in [0.25, 0.3) is 0 Å². The van der Waals surface area contributed by atoms with Gasteiger partial charge >= 0.3 is 0 Å². The van der Waals surface area contributed by atoms with E-state index in [2.05, 4.69) is 27.7 Å². The minimum atomic E-state index is -1.69. The van der Waals surface area contributed by atoms with Crippen molar-refractivity contribution in [3.63, 3.8) is 0 Å². The number of ether oxygens (including phenoxy) is 2. The van der Waals surface area contributed by atoms with Crippen LogP contribution in [0.4, 0.5) is 0 Å². The monoisotopic (exact) mass is 312 g/mol. The zero-order valence-corrected chi connectivity index (χ0v) is 15.2. The molecule has 21 heavy (non-hydrogen) atoms. The summed E-state index contributed by atoms with van der Waals surface area (Å²) in [5, 5.41) is 0. The Morgan fingerprint density at radius 1 is 1.14 bits per heavy atom. The molecular weight excluding hydrogens is 283 g/mol. The van der Waals surface area contributed by atoms with Gasteiger partial charge in [-0.3, -0.25) is 0 Å². The summed E-state index contributed by atoms with van der Waals surface area (Å²) in [6.07, 6.45) is 2.42. The number of hydrogen-bond acceptors (Lipinski definition) is 3. The maximum Gasteiger partial charge on any atom is 0.126 e. The fourth-order valence-electron chi connectivity index (χ4n) is 2.88. The maximum absolute atomic E-state index is 12.5. The van der Waals surface area contributed by atoms with E-state index in [1.807, 2.05) is 18.2 Å². The van der Waals surface area contributed by atoms with E-state index >= 15 is 0 Å². The molecule has 1 rings (SSSR count). The van der Waals surface area contributed by atoms with Crippen molar-refractivity contribution in [3.05, 3.63) is 23.8 Å². The van der Waals surface area contributed by atoms with E-state index in [1.165, 1.54) is 0 Å². The molecular formula is C17H29O3P. The van der Waals surface area contributed by atoms with E-state index in [1.54, 1.807) is 14.2 Å². The lowest BCUT2D eigenvalue weighted by atomic mass is 9.86. The van der Waals surface area contributed by atoms with Crippen LogP contribution in [0.25, 0.3) is 0 Å². The highest BCUT2D eigenvalue weighted by atomic mass is 31.1. The van der Waals surface area contributed by atoms with E-state index in [9.17, 15) is 4.57 Å². The molecule has 1 aromatic carbocycles. The summed E-state index contributed by atoms with van der Waals surface area (Å²) in [6.45, 7) is 8.87. The van der Waals surface area contributed by atoms with Gasteiger partial charge in [-0.2, -0.15) is 0 Å². The third-order valence-corrected chi connectivity index (χ3v) is 5.34. The summed E-state index contributed by atoms with van der Waals surface area (Å²) >= 11 is 0. The molecule has 0 N–H and O–H groups in total. The molecule has 2 atom stereocenters. The Bertz CT molecular complexity index is 455. The zero-order chi connectivity index (χ0) is 16.0. The van der Waals surface area contributed by atoms with Gasteiger partial charge < -0.3 is 14.0 Å². The standard InChI is InChI=1S/C17H29O3P/c1-13(10-17(2,3)4)11-21(18)12-14-15(19-5)8-7-9-16(14)20-6/h7-9,13,21H,10-12H2,1-6H3. The highest BCUT2D eigenvalue weighted by Gasteiger charge is 2.19.